The lowest BCUT2D eigenvalue weighted by Gasteiger charge is -2.21. The predicted octanol–water partition coefficient (Wildman–Crippen LogP) is 6.33. The van der Waals surface area contributed by atoms with Gasteiger partial charge in [0.15, 0.2) is 11.5 Å². The molecule has 0 bridgehead atoms. The summed E-state index contributed by atoms with van der Waals surface area (Å²) in [6.07, 6.45) is 5.72. The van der Waals surface area contributed by atoms with Crippen LogP contribution in [0.2, 0.25) is 0 Å². The fraction of sp³-hybridized carbons (Fsp3) is 0.370. The van der Waals surface area contributed by atoms with Crippen molar-refractivity contribution >= 4 is 16.7 Å². The topological polar surface area (TPSA) is 44.8 Å². The van der Waals surface area contributed by atoms with Crippen LogP contribution in [-0.2, 0) is 16.0 Å². The number of hydrogen-bond donors (Lipinski definition) is 0. The first-order valence-electron chi connectivity index (χ1n) is 11.2. The SMILES string of the molecule is CCOC(=O)CCc1cc(OC)c(OC2CCCC2)c(-c2ccc3ccccc3c2)c1. The molecule has 0 aliphatic heterocycles. The number of benzene rings is 3. The van der Waals surface area contributed by atoms with E-state index in [-0.39, 0.29) is 12.1 Å². The zero-order chi connectivity index (χ0) is 21.6. The van der Waals surface area contributed by atoms with Crippen LogP contribution >= 0.6 is 0 Å². The van der Waals surface area contributed by atoms with E-state index in [0.717, 1.165) is 41.0 Å². The Balaban J connectivity index is 1.75. The van der Waals surface area contributed by atoms with E-state index in [1.807, 2.05) is 13.0 Å². The normalized spacial score (nSPS) is 14.0. The quantitative estimate of drug-likeness (QED) is 0.401. The predicted molar refractivity (Wildman–Crippen MR) is 124 cm³/mol. The molecule has 0 aromatic heterocycles. The fourth-order valence-corrected chi connectivity index (χ4v) is 4.30. The molecule has 4 heteroatoms. The average Bonchev–Trinajstić information content (AvgIpc) is 3.31. The number of ether oxygens (including phenoxy) is 3. The minimum Gasteiger partial charge on any atom is -0.493 e. The zero-order valence-electron chi connectivity index (χ0n) is 18.4. The molecular weight excluding hydrogens is 388 g/mol. The van der Waals surface area contributed by atoms with Gasteiger partial charge in [0, 0.05) is 12.0 Å². The number of fused-ring (bicyclic) bond motifs is 1. The van der Waals surface area contributed by atoms with Gasteiger partial charge in [-0.05, 0) is 79.1 Å². The molecular formula is C27H30O4. The van der Waals surface area contributed by atoms with Gasteiger partial charge in [0.05, 0.1) is 19.8 Å². The molecule has 1 aliphatic carbocycles. The van der Waals surface area contributed by atoms with Crippen molar-refractivity contribution in [1.82, 2.24) is 0 Å². The van der Waals surface area contributed by atoms with Crippen LogP contribution in [0, 0.1) is 0 Å². The lowest BCUT2D eigenvalue weighted by molar-refractivity contribution is -0.143. The van der Waals surface area contributed by atoms with Gasteiger partial charge in [0.2, 0.25) is 0 Å². The molecule has 0 atom stereocenters. The van der Waals surface area contributed by atoms with Crippen LogP contribution in [0.3, 0.4) is 0 Å². The van der Waals surface area contributed by atoms with Gasteiger partial charge in [-0.3, -0.25) is 4.79 Å². The van der Waals surface area contributed by atoms with Crippen LogP contribution in [0.4, 0.5) is 0 Å². The van der Waals surface area contributed by atoms with Crippen molar-refractivity contribution in [2.75, 3.05) is 13.7 Å². The Labute approximate surface area is 184 Å². The number of hydrogen-bond acceptors (Lipinski definition) is 4. The van der Waals surface area contributed by atoms with Crippen molar-refractivity contribution in [3.05, 3.63) is 60.2 Å². The summed E-state index contributed by atoms with van der Waals surface area (Å²) in [5.74, 6) is 1.33. The monoisotopic (exact) mass is 418 g/mol. The first kappa shape index (κ1) is 21.2. The molecule has 0 heterocycles. The van der Waals surface area contributed by atoms with E-state index in [1.54, 1.807) is 7.11 Å². The highest BCUT2D eigenvalue weighted by atomic mass is 16.5. The molecule has 0 unspecified atom stereocenters. The molecule has 1 saturated carbocycles. The van der Waals surface area contributed by atoms with E-state index in [1.165, 1.54) is 23.6 Å². The Morgan fingerprint density at radius 2 is 1.77 bits per heavy atom. The smallest absolute Gasteiger partial charge is 0.306 e. The Bertz CT molecular complexity index is 1050. The second kappa shape index (κ2) is 9.86. The molecule has 1 fully saturated rings. The minimum absolute atomic E-state index is 0.181. The molecule has 0 N–H and O–H groups in total. The van der Waals surface area contributed by atoms with Gasteiger partial charge in [-0.2, -0.15) is 0 Å². The van der Waals surface area contributed by atoms with Crippen LogP contribution in [0.1, 0.15) is 44.6 Å². The van der Waals surface area contributed by atoms with E-state index < -0.39 is 0 Å². The van der Waals surface area contributed by atoms with Crippen molar-refractivity contribution in [3.8, 4) is 22.6 Å². The lowest BCUT2D eigenvalue weighted by Crippen LogP contribution is -2.13. The van der Waals surface area contributed by atoms with Crippen LogP contribution in [0.15, 0.2) is 54.6 Å². The van der Waals surface area contributed by atoms with Crippen molar-refractivity contribution in [2.24, 2.45) is 0 Å². The largest absolute Gasteiger partial charge is 0.493 e. The number of rotatable bonds is 8. The van der Waals surface area contributed by atoms with Gasteiger partial charge >= 0.3 is 5.97 Å². The zero-order valence-corrected chi connectivity index (χ0v) is 18.4. The minimum atomic E-state index is -0.181. The van der Waals surface area contributed by atoms with E-state index in [0.29, 0.717) is 19.4 Å². The van der Waals surface area contributed by atoms with E-state index >= 15 is 0 Å². The maximum atomic E-state index is 11.9. The lowest BCUT2D eigenvalue weighted by atomic mass is 9.96. The van der Waals surface area contributed by atoms with Crippen molar-refractivity contribution in [2.45, 2.75) is 51.6 Å². The van der Waals surface area contributed by atoms with Crippen LogP contribution in [0.5, 0.6) is 11.5 Å². The Morgan fingerprint density at radius 1 is 1.00 bits per heavy atom. The third-order valence-corrected chi connectivity index (χ3v) is 5.90. The standard InChI is InChI=1S/C27H30O4/c1-3-30-26(28)15-12-19-16-24(22-14-13-20-8-4-5-9-21(20)18-22)27(25(17-19)29-2)31-23-10-6-7-11-23/h4-5,8-9,13-14,16-18,23H,3,6-7,10-12,15H2,1-2H3. The van der Waals surface area contributed by atoms with Crippen molar-refractivity contribution in [1.29, 1.82) is 0 Å². The Hall–Kier alpha value is -3.01. The third-order valence-electron chi connectivity index (χ3n) is 5.90. The van der Waals surface area contributed by atoms with Gasteiger partial charge in [-0.15, -0.1) is 0 Å². The van der Waals surface area contributed by atoms with Crippen molar-refractivity contribution in [3.63, 3.8) is 0 Å². The van der Waals surface area contributed by atoms with Gasteiger partial charge < -0.3 is 14.2 Å². The van der Waals surface area contributed by atoms with Gasteiger partial charge in [0.1, 0.15) is 0 Å². The molecule has 31 heavy (non-hydrogen) atoms. The number of carbonyl (C=O) groups is 1. The Morgan fingerprint density at radius 3 is 2.52 bits per heavy atom. The Kier molecular flexibility index (Phi) is 6.76. The van der Waals surface area contributed by atoms with Crippen LogP contribution in [0.25, 0.3) is 21.9 Å². The summed E-state index contributed by atoms with van der Waals surface area (Å²) >= 11 is 0. The summed E-state index contributed by atoms with van der Waals surface area (Å²) in [7, 11) is 1.68. The molecule has 1 aliphatic rings. The van der Waals surface area contributed by atoms with Gasteiger partial charge in [-0.1, -0.05) is 36.4 Å². The second-order valence-electron chi connectivity index (χ2n) is 8.07. The molecule has 4 nitrogen and oxygen atoms in total. The maximum Gasteiger partial charge on any atom is 0.306 e. The summed E-state index contributed by atoms with van der Waals surface area (Å²) in [5.41, 5.74) is 3.13. The highest BCUT2D eigenvalue weighted by Gasteiger charge is 2.22. The van der Waals surface area contributed by atoms with E-state index in [2.05, 4.69) is 48.5 Å². The van der Waals surface area contributed by atoms with Gasteiger partial charge in [0.25, 0.3) is 0 Å². The second-order valence-corrected chi connectivity index (χ2v) is 8.07. The molecule has 162 valence electrons. The first-order valence-corrected chi connectivity index (χ1v) is 11.2. The maximum absolute atomic E-state index is 11.9. The number of carbonyl (C=O) groups excluding carboxylic acids is 1. The highest BCUT2D eigenvalue weighted by molar-refractivity contribution is 5.89. The molecule has 0 amide bonds. The number of methoxy groups -OCH3 is 1. The molecule has 0 radical (unpaired) electrons. The molecule has 4 rings (SSSR count). The van der Waals surface area contributed by atoms with E-state index in [4.69, 9.17) is 14.2 Å². The third kappa shape index (κ3) is 5.01. The number of aryl methyl sites for hydroxylation is 1. The van der Waals surface area contributed by atoms with Crippen LogP contribution < -0.4 is 9.47 Å². The number of esters is 1. The summed E-state index contributed by atoms with van der Waals surface area (Å²) in [6, 6.07) is 18.9. The fourth-order valence-electron chi connectivity index (χ4n) is 4.30. The molecule has 3 aromatic rings. The van der Waals surface area contributed by atoms with Gasteiger partial charge in [-0.25, -0.2) is 0 Å². The average molecular weight is 419 g/mol. The van der Waals surface area contributed by atoms with E-state index in [9.17, 15) is 4.79 Å². The summed E-state index contributed by atoms with van der Waals surface area (Å²) in [5, 5.41) is 2.39. The highest BCUT2D eigenvalue weighted by Crippen LogP contribution is 2.42. The summed E-state index contributed by atoms with van der Waals surface area (Å²) < 4.78 is 17.4. The summed E-state index contributed by atoms with van der Waals surface area (Å²) in [6.45, 7) is 2.23. The molecule has 0 saturated heterocycles. The molecule has 0 spiro atoms. The molecule has 3 aromatic carbocycles. The summed E-state index contributed by atoms with van der Waals surface area (Å²) in [4.78, 5) is 11.9. The van der Waals surface area contributed by atoms with Crippen LogP contribution in [-0.4, -0.2) is 25.8 Å². The van der Waals surface area contributed by atoms with Crippen molar-refractivity contribution < 1.29 is 19.0 Å². The first-order chi connectivity index (χ1) is 15.2.